The van der Waals surface area contributed by atoms with Crippen molar-refractivity contribution >= 4 is 11.9 Å². The minimum atomic E-state index is -0.835. The Balaban J connectivity index is 1.87. The van der Waals surface area contributed by atoms with Crippen molar-refractivity contribution in [3.8, 4) is 0 Å². The van der Waals surface area contributed by atoms with Crippen molar-refractivity contribution in [3.05, 3.63) is 12.2 Å². The predicted molar refractivity (Wildman–Crippen MR) is 75.7 cm³/mol. The van der Waals surface area contributed by atoms with Crippen LogP contribution in [0.5, 0.6) is 0 Å². The highest BCUT2D eigenvalue weighted by Crippen LogP contribution is 2.43. The molecule has 0 bridgehead atoms. The summed E-state index contributed by atoms with van der Waals surface area (Å²) in [6.45, 7) is 4.86. The molecule has 3 heterocycles. The lowest BCUT2D eigenvalue weighted by atomic mass is 10.1. The summed E-state index contributed by atoms with van der Waals surface area (Å²) in [5, 5.41) is 4.04. The van der Waals surface area contributed by atoms with Crippen LogP contribution < -0.4 is 0 Å². The second-order valence-electron chi connectivity index (χ2n) is 5.95. The highest BCUT2D eigenvalue weighted by molar-refractivity contribution is 5.85. The number of hydrogen-bond acceptors (Lipinski definition) is 9. The van der Waals surface area contributed by atoms with Gasteiger partial charge in [0.25, 0.3) is 0 Å². The fourth-order valence-corrected chi connectivity index (χ4v) is 2.86. The van der Waals surface area contributed by atoms with Gasteiger partial charge in [-0.15, -0.1) is 0 Å². The molecule has 1 aromatic heterocycles. The summed E-state index contributed by atoms with van der Waals surface area (Å²) in [7, 11) is 1.25. The van der Waals surface area contributed by atoms with Gasteiger partial charge in [-0.3, -0.25) is 4.79 Å². The molecule has 0 unspecified atom stereocenters. The lowest BCUT2D eigenvalue weighted by Gasteiger charge is -2.24. The third kappa shape index (κ3) is 2.99. The second-order valence-corrected chi connectivity index (χ2v) is 5.95. The van der Waals surface area contributed by atoms with Crippen molar-refractivity contribution in [1.82, 2.24) is 14.8 Å². The zero-order valence-electron chi connectivity index (χ0n) is 13.8. The Labute approximate surface area is 138 Å². The van der Waals surface area contributed by atoms with E-state index in [1.54, 1.807) is 13.8 Å². The first-order chi connectivity index (χ1) is 11.3. The van der Waals surface area contributed by atoms with Crippen LogP contribution in [0, 0.1) is 0 Å². The quantitative estimate of drug-likeness (QED) is 0.701. The van der Waals surface area contributed by atoms with Gasteiger partial charge in [0.2, 0.25) is 5.82 Å². The Hall–Kier alpha value is -2.04. The van der Waals surface area contributed by atoms with E-state index in [9.17, 15) is 9.59 Å². The summed E-state index contributed by atoms with van der Waals surface area (Å²) in [6, 6.07) is 0. The maximum Gasteiger partial charge on any atom is 0.375 e. The number of rotatable bonds is 4. The molecule has 2 saturated heterocycles. The van der Waals surface area contributed by atoms with Gasteiger partial charge in [-0.05, 0) is 13.8 Å². The number of aromatic nitrogens is 3. The molecule has 0 aromatic carbocycles. The summed E-state index contributed by atoms with van der Waals surface area (Å²) >= 11 is 0. The molecule has 0 radical (unpaired) electrons. The van der Waals surface area contributed by atoms with Crippen molar-refractivity contribution in [2.45, 2.75) is 51.1 Å². The first-order valence-corrected chi connectivity index (χ1v) is 7.44. The van der Waals surface area contributed by atoms with Crippen LogP contribution in [0.15, 0.2) is 6.33 Å². The van der Waals surface area contributed by atoms with Gasteiger partial charge in [-0.2, -0.15) is 5.10 Å². The molecular formula is C14H19N3O7. The molecule has 2 aliphatic rings. The van der Waals surface area contributed by atoms with Gasteiger partial charge in [-0.1, -0.05) is 0 Å². The van der Waals surface area contributed by atoms with Crippen LogP contribution in [0.4, 0.5) is 0 Å². The maximum atomic E-state index is 11.8. The number of esters is 2. The number of ether oxygens (including phenoxy) is 5. The summed E-state index contributed by atoms with van der Waals surface area (Å²) in [5.41, 5.74) is 0. The van der Waals surface area contributed by atoms with Crippen molar-refractivity contribution in [2.75, 3.05) is 13.7 Å². The van der Waals surface area contributed by atoms with Crippen molar-refractivity contribution in [3.63, 3.8) is 0 Å². The van der Waals surface area contributed by atoms with Crippen LogP contribution in [-0.4, -0.2) is 64.5 Å². The minimum Gasteiger partial charge on any atom is -0.463 e. The lowest BCUT2D eigenvalue weighted by Crippen LogP contribution is -2.33. The molecule has 1 aromatic rings. The fraction of sp³-hybridized carbons (Fsp3) is 0.714. The van der Waals surface area contributed by atoms with Gasteiger partial charge in [0.1, 0.15) is 31.2 Å². The van der Waals surface area contributed by atoms with E-state index in [0.717, 1.165) is 0 Å². The number of methoxy groups -OCH3 is 1. The number of hydrogen-bond donors (Lipinski definition) is 0. The molecule has 132 valence electrons. The summed E-state index contributed by atoms with van der Waals surface area (Å²) in [6.07, 6.45) is -1.09. The van der Waals surface area contributed by atoms with E-state index in [-0.39, 0.29) is 12.4 Å². The number of carbonyl (C=O) groups is 2. The van der Waals surface area contributed by atoms with Gasteiger partial charge >= 0.3 is 11.9 Å². The second kappa shape index (κ2) is 6.11. The van der Waals surface area contributed by atoms with Gasteiger partial charge in [-0.25, -0.2) is 14.5 Å². The largest absolute Gasteiger partial charge is 0.463 e. The van der Waals surface area contributed by atoms with Crippen LogP contribution in [0.25, 0.3) is 0 Å². The minimum absolute atomic E-state index is 0.00863. The Morgan fingerprint density at radius 1 is 1.33 bits per heavy atom. The van der Waals surface area contributed by atoms with E-state index in [1.165, 1.54) is 25.0 Å². The molecule has 2 fully saturated rings. The normalized spacial score (nSPS) is 30.8. The molecule has 0 saturated carbocycles. The first-order valence-electron chi connectivity index (χ1n) is 7.44. The lowest BCUT2D eigenvalue weighted by molar-refractivity contribution is -0.203. The van der Waals surface area contributed by atoms with E-state index in [2.05, 4.69) is 10.1 Å². The number of carbonyl (C=O) groups excluding carboxylic acids is 2. The molecule has 0 aliphatic carbocycles. The molecule has 10 heteroatoms. The molecule has 0 amide bonds. The predicted octanol–water partition coefficient (Wildman–Crippen LogP) is 0.0453. The Morgan fingerprint density at radius 2 is 2.04 bits per heavy atom. The van der Waals surface area contributed by atoms with Gasteiger partial charge in [0.05, 0.1) is 7.11 Å². The molecule has 3 rings (SSSR count). The van der Waals surface area contributed by atoms with Crippen LogP contribution in [0.3, 0.4) is 0 Å². The Bertz CT molecular complexity index is 644. The zero-order chi connectivity index (χ0) is 17.5. The first kappa shape index (κ1) is 16.8. The summed E-state index contributed by atoms with van der Waals surface area (Å²) < 4.78 is 28.6. The average molecular weight is 341 g/mol. The monoisotopic (exact) mass is 341 g/mol. The van der Waals surface area contributed by atoms with Crippen molar-refractivity contribution in [2.24, 2.45) is 0 Å². The van der Waals surface area contributed by atoms with Gasteiger partial charge < -0.3 is 23.7 Å². The molecular weight excluding hydrogens is 322 g/mol. The zero-order valence-corrected chi connectivity index (χ0v) is 13.8. The van der Waals surface area contributed by atoms with Crippen LogP contribution in [0.2, 0.25) is 0 Å². The highest BCUT2D eigenvalue weighted by atomic mass is 16.8. The topological polar surface area (TPSA) is 111 Å². The fourth-order valence-electron chi connectivity index (χ4n) is 2.86. The van der Waals surface area contributed by atoms with E-state index in [0.29, 0.717) is 0 Å². The number of nitrogens with zero attached hydrogens (tertiary/aromatic N) is 3. The van der Waals surface area contributed by atoms with Gasteiger partial charge in [0.15, 0.2) is 12.0 Å². The third-order valence-electron chi connectivity index (χ3n) is 3.76. The SMILES string of the molecule is COC(=O)c1ncnn1[C@@H]1O[C@H](COC(C)=O)[C@H]2OC(C)(C)O[C@H]21. The maximum absolute atomic E-state index is 11.8. The molecule has 10 nitrogen and oxygen atoms in total. The molecule has 2 aliphatic heterocycles. The van der Waals surface area contributed by atoms with E-state index >= 15 is 0 Å². The standard InChI is InChI=1S/C14H19N3O7/c1-7(18)21-5-8-9-10(24-14(2,3)23-9)12(22-8)17-11(13(19)20-4)15-6-16-17/h6,8-10,12H,5H2,1-4H3/t8-,9-,10-,12-/m1/s1. The van der Waals surface area contributed by atoms with E-state index < -0.39 is 42.3 Å². The molecule has 0 spiro atoms. The van der Waals surface area contributed by atoms with Crippen molar-refractivity contribution < 1.29 is 33.3 Å². The van der Waals surface area contributed by atoms with Crippen LogP contribution in [0.1, 0.15) is 37.6 Å². The molecule has 24 heavy (non-hydrogen) atoms. The summed E-state index contributed by atoms with van der Waals surface area (Å²) in [5.74, 6) is -1.91. The molecule has 4 atom stereocenters. The highest BCUT2D eigenvalue weighted by Gasteiger charge is 2.57. The van der Waals surface area contributed by atoms with Crippen LogP contribution in [-0.2, 0) is 28.5 Å². The van der Waals surface area contributed by atoms with Crippen LogP contribution >= 0.6 is 0 Å². The van der Waals surface area contributed by atoms with Gasteiger partial charge in [0, 0.05) is 6.92 Å². The Morgan fingerprint density at radius 3 is 2.71 bits per heavy atom. The Kier molecular flexibility index (Phi) is 4.28. The number of fused-ring (bicyclic) bond motifs is 1. The summed E-state index contributed by atoms with van der Waals surface area (Å²) in [4.78, 5) is 26.8. The van der Waals surface area contributed by atoms with E-state index in [4.69, 9.17) is 23.7 Å². The van der Waals surface area contributed by atoms with E-state index in [1.807, 2.05) is 0 Å². The third-order valence-corrected chi connectivity index (χ3v) is 3.76. The smallest absolute Gasteiger partial charge is 0.375 e. The van der Waals surface area contributed by atoms with Crippen molar-refractivity contribution in [1.29, 1.82) is 0 Å². The molecule has 0 N–H and O–H groups in total. The average Bonchev–Trinajstić information content (AvgIpc) is 3.17.